The Balaban J connectivity index is 1.97. The fraction of sp³-hybridized carbons (Fsp3) is 0.533. The molecule has 0 saturated carbocycles. The summed E-state index contributed by atoms with van der Waals surface area (Å²) in [6, 6.07) is 7.48. The first-order valence-corrected chi connectivity index (χ1v) is 7.24. The molecule has 2 unspecified atom stereocenters. The summed E-state index contributed by atoms with van der Waals surface area (Å²) in [5.41, 5.74) is 0.960. The van der Waals surface area contributed by atoms with Crippen molar-refractivity contribution in [3.05, 3.63) is 34.9 Å². The Morgan fingerprint density at radius 3 is 2.89 bits per heavy atom. The number of halogens is 1. The first kappa shape index (κ1) is 14.4. The second kappa shape index (κ2) is 6.40. The first-order chi connectivity index (χ1) is 9.08. The van der Waals surface area contributed by atoms with Crippen LogP contribution in [0.1, 0.15) is 38.3 Å². The molecular weight excluding hydrogens is 260 g/mol. The highest BCUT2D eigenvalue weighted by atomic mass is 35.5. The van der Waals surface area contributed by atoms with Crippen molar-refractivity contribution in [3.8, 4) is 0 Å². The molecule has 1 aromatic rings. The van der Waals surface area contributed by atoms with Gasteiger partial charge in [0.05, 0.1) is 12.1 Å². The summed E-state index contributed by atoms with van der Waals surface area (Å²) in [6.07, 6.45) is 2.05. The number of nitrogens with one attached hydrogen (secondary N) is 2. The zero-order valence-electron chi connectivity index (χ0n) is 11.4. The van der Waals surface area contributed by atoms with Gasteiger partial charge in [0.25, 0.3) is 0 Å². The SMILES string of the molecule is CC1CCNC(C(=O)N[C@@H](C)c2ccccc2Cl)C1. The van der Waals surface area contributed by atoms with E-state index in [1.807, 2.05) is 31.2 Å². The Kier molecular flexibility index (Phi) is 4.83. The Labute approximate surface area is 119 Å². The van der Waals surface area contributed by atoms with E-state index in [4.69, 9.17) is 11.6 Å². The second-order valence-corrected chi connectivity index (χ2v) is 5.80. The number of rotatable bonds is 3. The van der Waals surface area contributed by atoms with Gasteiger partial charge in [0.1, 0.15) is 0 Å². The van der Waals surface area contributed by atoms with Crippen LogP contribution in [0.3, 0.4) is 0 Å². The van der Waals surface area contributed by atoms with Crippen LogP contribution in [0.15, 0.2) is 24.3 Å². The number of piperidine rings is 1. The van der Waals surface area contributed by atoms with Gasteiger partial charge in [-0.15, -0.1) is 0 Å². The highest BCUT2D eigenvalue weighted by Gasteiger charge is 2.25. The molecule has 104 valence electrons. The van der Waals surface area contributed by atoms with Crippen LogP contribution in [0.25, 0.3) is 0 Å². The van der Waals surface area contributed by atoms with Crippen LogP contribution in [0.5, 0.6) is 0 Å². The lowest BCUT2D eigenvalue weighted by atomic mass is 9.93. The molecule has 19 heavy (non-hydrogen) atoms. The molecule has 0 radical (unpaired) electrons. The maximum atomic E-state index is 12.2. The van der Waals surface area contributed by atoms with Crippen LogP contribution in [-0.2, 0) is 4.79 Å². The van der Waals surface area contributed by atoms with Crippen molar-refractivity contribution in [3.63, 3.8) is 0 Å². The summed E-state index contributed by atoms with van der Waals surface area (Å²) in [6.45, 7) is 5.07. The fourth-order valence-corrected chi connectivity index (χ4v) is 2.82. The van der Waals surface area contributed by atoms with E-state index in [1.165, 1.54) is 0 Å². The number of carbonyl (C=O) groups is 1. The number of hydrogen-bond acceptors (Lipinski definition) is 2. The van der Waals surface area contributed by atoms with Gasteiger partial charge in [-0.05, 0) is 43.9 Å². The minimum atomic E-state index is -0.0753. The zero-order chi connectivity index (χ0) is 13.8. The second-order valence-electron chi connectivity index (χ2n) is 5.39. The van der Waals surface area contributed by atoms with E-state index in [9.17, 15) is 4.79 Å². The molecule has 1 fully saturated rings. The molecule has 0 aliphatic carbocycles. The summed E-state index contributed by atoms with van der Waals surface area (Å²) in [4.78, 5) is 12.2. The quantitative estimate of drug-likeness (QED) is 0.894. The van der Waals surface area contributed by atoms with Crippen molar-refractivity contribution in [2.45, 2.75) is 38.8 Å². The maximum Gasteiger partial charge on any atom is 0.237 e. The van der Waals surface area contributed by atoms with Crippen LogP contribution < -0.4 is 10.6 Å². The van der Waals surface area contributed by atoms with Crippen LogP contribution in [0.4, 0.5) is 0 Å². The summed E-state index contributed by atoms with van der Waals surface area (Å²) in [5, 5.41) is 7.01. The van der Waals surface area contributed by atoms with E-state index in [0.29, 0.717) is 10.9 Å². The highest BCUT2D eigenvalue weighted by molar-refractivity contribution is 6.31. The Morgan fingerprint density at radius 2 is 2.21 bits per heavy atom. The smallest absolute Gasteiger partial charge is 0.237 e. The van der Waals surface area contributed by atoms with Crippen molar-refractivity contribution in [2.75, 3.05) is 6.54 Å². The average molecular weight is 281 g/mol. The lowest BCUT2D eigenvalue weighted by molar-refractivity contribution is -0.124. The van der Waals surface area contributed by atoms with Gasteiger partial charge in [-0.1, -0.05) is 36.7 Å². The van der Waals surface area contributed by atoms with E-state index in [-0.39, 0.29) is 18.0 Å². The molecule has 0 spiro atoms. The third kappa shape index (κ3) is 3.71. The van der Waals surface area contributed by atoms with Crippen molar-refractivity contribution >= 4 is 17.5 Å². The minimum Gasteiger partial charge on any atom is -0.348 e. The van der Waals surface area contributed by atoms with Gasteiger partial charge >= 0.3 is 0 Å². The molecule has 1 amide bonds. The van der Waals surface area contributed by atoms with Crippen LogP contribution in [-0.4, -0.2) is 18.5 Å². The molecule has 1 aliphatic rings. The van der Waals surface area contributed by atoms with E-state index < -0.39 is 0 Å². The molecule has 1 aliphatic heterocycles. The standard InChI is InChI=1S/C15H21ClN2O/c1-10-7-8-17-14(9-10)15(19)18-11(2)12-5-3-4-6-13(12)16/h3-6,10-11,14,17H,7-9H2,1-2H3,(H,18,19)/t10?,11-,14?/m0/s1. The Hall–Kier alpha value is -1.06. The molecule has 4 heteroatoms. The first-order valence-electron chi connectivity index (χ1n) is 6.86. The van der Waals surface area contributed by atoms with Crippen LogP contribution in [0.2, 0.25) is 5.02 Å². The largest absolute Gasteiger partial charge is 0.348 e. The third-order valence-electron chi connectivity index (χ3n) is 3.71. The molecule has 1 saturated heterocycles. The Morgan fingerprint density at radius 1 is 1.47 bits per heavy atom. The predicted octanol–water partition coefficient (Wildman–Crippen LogP) is 2.91. The molecule has 1 heterocycles. The number of benzene rings is 1. The van der Waals surface area contributed by atoms with Gasteiger partial charge in [-0.2, -0.15) is 0 Å². The lowest BCUT2D eigenvalue weighted by Crippen LogP contribution is -2.48. The molecule has 2 N–H and O–H groups in total. The third-order valence-corrected chi connectivity index (χ3v) is 4.06. The van der Waals surface area contributed by atoms with Crippen molar-refractivity contribution < 1.29 is 4.79 Å². The number of carbonyl (C=O) groups excluding carboxylic acids is 1. The molecule has 3 atom stereocenters. The molecule has 1 aromatic carbocycles. The van der Waals surface area contributed by atoms with Gasteiger partial charge in [-0.3, -0.25) is 4.79 Å². The minimum absolute atomic E-state index is 0.0685. The molecule has 0 bridgehead atoms. The van der Waals surface area contributed by atoms with Gasteiger partial charge < -0.3 is 10.6 Å². The lowest BCUT2D eigenvalue weighted by Gasteiger charge is -2.28. The van der Waals surface area contributed by atoms with E-state index in [0.717, 1.165) is 24.9 Å². The van der Waals surface area contributed by atoms with Gasteiger partial charge in [-0.25, -0.2) is 0 Å². The van der Waals surface area contributed by atoms with Crippen LogP contribution >= 0.6 is 11.6 Å². The number of amides is 1. The van der Waals surface area contributed by atoms with E-state index >= 15 is 0 Å². The van der Waals surface area contributed by atoms with Crippen molar-refractivity contribution in [1.29, 1.82) is 0 Å². The molecule has 2 rings (SSSR count). The van der Waals surface area contributed by atoms with E-state index in [1.54, 1.807) is 0 Å². The highest BCUT2D eigenvalue weighted by Crippen LogP contribution is 2.23. The zero-order valence-corrected chi connectivity index (χ0v) is 12.2. The molecule has 3 nitrogen and oxygen atoms in total. The van der Waals surface area contributed by atoms with E-state index in [2.05, 4.69) is 17.6 Å². The van der Waals surface area contributed by atoms with Gasteiger partial charge in [0, 0.05) is 5.02 Å². The topological polar surface area (TPSA) is 41.1 Å². The van der Waals surface area contributed by atoms with Crippen molar-refractivity contribution in [1.82, 2.24) is 10.6 Å². The normalized spacial score (nSPS) is 24.8. The molecule has 0 aromatic heterocycles. The Bertz CT molecular complexity index is 450. The van der Waals surface area contributed by atoms with Crippen molar-refractivity contribution in [2.24, 2.45) is 5.92 Å². The molecular formula is C15H21ClN2O. The number of hydrogen-bond donors (Lipinski definition) is 2. The van der Waals surface area contributed by atoms with Gasteiger partial charge in [0.15, 0.2) is 0 Å². The summed E-state index contributed by atoms with van der Waals surface area (Å²) >= 11 is 6.14. The maximum absolute atomic E-state index is 12.2. The fourth-order valence-electron chi connectivity index (χ4n) is 2.53. The average Bonchev–Trinajstić information content (AvgIpc) is 2.39. The monoisotopic (exact) mass is 280 g/mol. The summed E-state index contributed by atoms with van der Waals surface area (Å²) < 4.78 is 0. The van der Waals surface area contributed by atoms with Crippen LogP contribution in [0, 0.1) is 5.92 Å². The van der Waals surface area contributed by atoms with Gasteiger partial charge in [0.2, 0.25) is 5.91 Å². The summed E-state index contributed by atoms with van der Waals surface area (Å²) in [5.74, 6) is 0.673. The predicted molar refractivity (Wildman–Crippen MR) is 78.2 cm³/mol. The summed E-state index contributed by atoms with van der Waals surface area (Å²) in [7, 11) is 0.